The van der Waals surface area contributed by atoms with Crippen LogP contribution in [-0.2, 0) is 20.9 Å². The van der Waals surface area contributed by atoms with E-state index in [-0.39, 0.29) is 35.7 Å². The molecule has 0 aliphatic carbocycles. The Kier molecular flexibility index (Phi) is 7.46. The van der Waals surface area contributed by atoms with Gasteiger partial charge in [0.2, 0.25) is 5.91 Å². The van der Waals surface area contributed by atoms with Crippen LogP contribution in [0.25, 0.3) is 0 Å². The molecule has 15 heteroatoms. The number of rotatable bonds is 8. The van der Waals surface area contributed by atoms with Gasteiger partial charge in [-0.25, -0.2) is 14.6 Å². The number of carboxylic acids is 1. The second kappa shape index (κ2) is 10.7. The van der Waals surface area contributed by atoms with Crippen LogP contribution < -0.4 is 5.73 Å². The van der Waals surface area contributed by atoms with E-state index in [4.69, 9.17) is 10.5 Å². The molecule has 0 bridgehead atoms. The number of aliphatic hydroxyl groups is 1. The van der Waals surface area contributed by atoms with Gasteiger partial charge in [-0.3, -0.25) is 19.8 Å². The van der Waals surface area contributed by atoms with E-state index in [0.29, 0.717) is 27.7 Å². The number of carbonyl (C=O) groups is 3. The Labute approximate surface area is 236 Å². The van der Waals surface area contributed by atoms with Gasteiger partial charge in [-0.15, -0.1) is 23.1 Å². The highest BCUT2D eigenvalue weighted by molar-refractivity contribution is 8.03. The molecule has 4 N–H and O–H groups in total. The Morgan fingerprint density at radius 3 is 2.62 bits per heavy atom. The van der Waals surface area contributed by atoms with Crippen LogP contribution in [0.2, 0.25) is 0 Å². The number of aliphatic carboxylic acids is 1. The van der Waals surface area contributed by atoms with Crippen molar-refractivity contribution in [3.05, 3.63) is 61.6 Å². The molecule has 13 nitrogen and oxygen atoms in total. The molecule has 3 aliphatic heterocycles. The highest BCUT2D eigenvalue weighted by Gasteiger charge is 2.60. The van der Waals surface area contributed by atoms with Crippen molar-refractivity contribution >= 4 is 51.9 Å². The molecule has 0 saturated carbocycles. The number of nitrogens with two attached hydrogens (primary N) is 1. The Morgan fingerprint density at radius 1 is 1.35 bits per heavy atom. The number of aromatic nitrogens is 1. The van der Waals surface area contributed by atoms with Crippen molar-refractivity contribution in [3.63, 3.8) is 0 Å². The number of nitrogen functional groups attached to an aromatic ring is 1. The standard InChI is InChI=1S/C25H27N5O8S2/c1-11-19-18(12(2)31)22(32)29(19)20(23(33)34)21(11)40-15-7-17(16-10-39-24(26)27-16)28(8-15)25(35)38-9-13-3-5-14(6-4-13)30(36)37/h3-6,10-12,15,17-19,31H,7-9H2,1-2H3,(H2,26,27)(H,33,34)/t11-,12-,15+,17+,18-,19-/m1/s1. The van der Waals surface area contributed by atoms with Crippen LogP contribution in [-0.4, -0.2) is 71.8 Å². The lowest BCUT2D eigenvalue weighted by atomic mass is 9.79. The zero-order chi connectivity index (χ0) is 28.9. The molecule has 0 spiro atoms. The number of β-lactam (4-membered cyclic amide) rings is 1. The molecule has 2 fully saturated rings. The fourth-order valence-corrected chi connectivity index (χ4v) is 7.75. The number of nitro benzene ring substituents is 1. The van der Waals surface area contributed by atoms with Crippen molar-refractivity contribution < 1.29 is 34.3 Å². The highest BCUT2D eigenvalue weighted by atomic mass is 32.2. The number of ether oxygens (including phenoxy) is 1. The maximum atomic E-state index is 13.2. The predicted molar refractivity (Wildman–Crippen MR) is 145 cm³/mol. The number of nitrogens with zero attached hydrogens (tertiary/aromatic N) is 4. The summed E-state index contributed by atoms with van der Waals surface area (Å²) in [4.78, 5) is 56.2. The minimum atomic E-state index is -1.21. The van der Waals surface area contributed by atoms with E-state index in [1.165, 1.54) is 64.1 Å². The summed E-state index contributed by atoms with van der Waals surface area (Å²) < 4.78 is 5.53. The zero-order valence-electron chi connectivity index (χ0n) is 21.5. The number of hydrogen-bond acceptors (Lipinski definition) is 11. The monoisotopic (exact) mass is 589 g/mol. The van der Waals surface area contributed by atoms with E-state index in [9.17, 15) is 34.7 Å². The van der Waals surface area contributed by atoms with Crippen LogP contribution in [0.4, 0.5) is 15.6 Å². The number of thiazole rings is 1. The summed E-state index contributed by atoms with van der Waals surface area (Å²) in [6.45, 7) is 3.51. The number of aliphatic hydroxyl groups excluding tert-OH is 1. The number of hydrogen-bond donors (Lipinski definition) is 3. The molecule has 40 heavy (non-hydrogen) atoms. The molecule has 0 radical (unpaired) electrons. The fourth-order valence-electron chi connectivity index (χ4n) is 5.62. The molecule has 4 heterocycles. The van der Waals surface area contributed by atoms with Gasteiger partial charge >= 0.3 is 12.1 Å². The van der Waals surface area contributed by atoms with Crippen molar-refractivity contribution in [2.24, 2.45) is 11.8 Å². The van der Waals surface area contributed by atoms with E-state index in [2.05, 4.69) is 4.98 Å². The van der Waals surface area contributed by atoms with Crippen molar-refractivity contribution in [1.82, 2.24) is 14.8 Å². The quantitative estimate of drug-likeness (QED) is 0.233. The van der Waals surface area contributed by atoms with Gasteiger partial charge < -0.3 is 25.6 Å². The summed E-state index contributed by atoms with van der Waals surface area (Å²) in [5, 5.41) is 32.8. The summed E-state index contributed by atoms with van der Waals surface area (Å²) in [6.07, 6.45) is -1.07. The number of non-ortho nitro benzene ring substituents is 1. The number of benzene rings is 1. The molecule has 212 valence electrons. The van der Waals surface area contributed by atoms with E-state index >= 15 is 0 Å². The first kappa shape index (κ1) is 27.9. The van der Waals surface area contributed by atoms with Crippen molar-refractivity contribution in [3.8, 4) is 0 Å². The lowest BCUT2D eigenvalue weighted by molar-refractivity contribution is -0.384. The van der Waals surface area contributed by atoms with Gasteiger partial charge in [-0.2, -0.15) is 0 Å². The first-order valence-electron chi connectivity index (χ1n) is 12.5. The maximum Gasteiger partial charge on any atom is 0.410 e. The summed E-state index contributed by atoms with van der Waals surface area (Å²) in [5.74, 6) is -2.58. The molecule has 5 rings (SSSR count). The van der Waals surface area contributed by atoms with Crippen molar-refractivity contribution in [2.75, 3.05) is 12.3 Å². The second-order valence-corrected chi connectivity index (χ2v) is 12.2. The smallest absolute Gasteiger partial charge is 0.410 e. The number of thioether (sulfide) groups is 1. The molecule has 2 aromatic rings. The van der Waals surface area contributed by atoms with Gasteiger partial charge in [0.25, 0.3) is 5.69 Å². The predicted octanol–water partition coefficient (Wildman–Crippen LogP) is 2.97. The number of likely N-dealkylation sites (tertiary alicyclic amines) is 1. The van der Waals surface area contributed by atoms with Crippen molar-refractivity contribution in [1.29, 1.82) is 0 Å². The first-order valence-corrected chi connectivity index (χ1v) is 14.3. The van der Waals surface area contributed by atoms with E-state index in [1.807, 2.05) is 6.92 Å². The molecule has 3 aliphatic rings. The summed E-state index contributed by atoms with van der Waals surface area (Å²) >= 11 is 2.56. The van der Waals surface area contributed by atoms with E-state index < -0.39 is 47.0 Å². The van der Waals surface area contributed by atoms with Crippen LogP contribution in [0, 0.1) is 22.0 Å². The lowest BCUT2D eigenvalue weighted by Gasteiger charge is -2.46. The van der Waals surface area contributed by atoms with Crippen LogP contribution in [0.5, 0.6) is 0 Å². The Morgan fingerprint density at radius 2 is 2.05 bits per heavy atom. The summed E-state index contributed by atoms with van der Waals surface area (Å²) in [5.41, 5.74) is 6.88. The Hall–Kier alpha value is -3.69. The van der Waals surface area contributed by atoms with Gasteiger partial charge in [-0.05, 0) is 31.0 Å². The third kappa shape index (κ3) is 4.88. The van der Waals surface area contributed by atoms with Crippen LogP contribution in [0.1, 0.15) is 37.6 Å². The third-order valence-electron chi connectivity index (χ3n) is 7.49. The number of amides is 2. The van der Waals surface area contributed by atoms with E-state index in [0.717, 1.165) is 0 Å². The molecule has 6 atom stereocenters. The van der Waals surface area contributed by atoms with Gasteiger partial charge in [0.05, 0.1) is 34.7 Å². The largest absolute Gasteiger partial charge is 0.477 e. The molecular weight excluding hydrogens is 562 g/mol. The summed E-state index contributed by atoms with van der Waals surface area (Å²) in [6, 6.07) is 4.79. The molecular formula is C25H27N5O8S2. The average Bonchev–Trinajstić information content (AvgIpc) is 3.58. The lowest BCUT2D eigenvalue weighted by Crippen LogP contribution is -2.63. The molecule has 1 aromatic carbocycles. The fraction of sp³-hybridized carbons (Fsp3) is 0.440. The topological polar surface area (TPSA) is 189 Å². The Bertz CT molecular complexity index is 1390. The Balaban J connectivity index is 1.34. The number of nitro groups is 1. The number of carboxylic acid groups (broad SMARTS) is 1. The minimum absolute atomic E-state index is 0.0712. The number of fused-ring (bicyclic) bond motifs is 1. The second-order valence-electron chi connectivity index (χ2n) is 10.0. The number of carbonyl (C=O) groups excluding carboxylic acids is 2. The number of anilines is 1. The molecule has 2 amide bonds. The molecule has 1 aromatic heterocycles. The van der Waals surface area contributed by atoms with Gasteiger partial charge in [0.1, 0.15) is 12.3 Å². The maximum absolute atomic E-state index is 13.2. The van der Waals surface area contributed by atoms with Crippen LogP contribution in [0.15, 0.2) is 40.2 Å². The van der Waals surface area contributed by atoms with Crippen LogP contribution >= 0.6 is 23.1 Å². The molecule has 2 saturated heterocycles. The van der Waals surface area contributed by atoms with Gasteiger partial charge in [0.15, 0.2) is 5.13 Å². The zero-order valence-corrected chi connectivity index (χ0v) is 23.1. The third-order valence-corrected chi connectivity index (χ3v) is 9.68. The highest BCUT2D eigenvalue weighted by Crippen LogP contribution is 2.53. The van der Waals surface area contributed by atoms with Crippen molar-refractivity contribution in [2.45, 2.75) is 50.3 Å². The average molecular weight is 590 g/mol. The summed E-state index contributed by atoms with van der Waals surface area (Å²) in [7, 11) is 0. The SMILES string of the molecule is C[C@@H](O)[C@H]1C(=O)N2C(C(=O)O)=C(S[C@H]3C[C@@H](c4csc(N)n4)N(C(=O)OCc4ccc([N+](=O)[O-])cc4)C3)[C@H](C)[C@H]12. The normalized spacial score (nSPS) is 26.5. The van der Waals surface area contributed by atoms with Crippen LogP contribution in [0.3, 0.4) is 0 Å². The van der Waals surface area contributed by atoms with Gasteiger partial charge in [0, 0.05) is 40.1 Å². The first-order chi connectivity index (χ1) is 19.0. The molecule has 0 unspecified atom stereocenters. The van der Waals surface area contributed by atoms with Gasteiger partial charge in [-0.1, -0.05) is 6.92 Å². The minimum Gasteiger partial charge on any atom is -0.477 e. The van der Waals surface area contributed by atoms with E-state index in [1.54, 1.807) is 5.38 Å².